The maximum Gasteiger partial charge on any atom is 0.245 e. The van der Waals surface area contributed by atoms with Gasteiger partial charge in [0, 0.05) is 17.7 Å². The molecule has 1 aliphatic carbocycles. The van der Waals surface area contributed by atoms with Crippen molar-refractivity contribution in [1.82, 2.24) is 15.4 Å². The van der Waals surface area contributed by atoms with Crippen molar-refractivity contribution in [2.75, 3.05) is 12.5 Å². The molecule has 2 aromatic rings. The molecule has 1 saturated carbocycles. The molecule has 6 nitrogen and oxygen atoms in total. The molecule has 0 radical (unpaired) electrons. The number of ether oxygens (including phenoxy) is 1. The second-order valence-corrected chi connectivity index (χ2v) is 5.35. The lowest BCUT2D eigenvalue weighted by atomic mass is 10.1. The standard InChI is InChI=1S/C16H18N4O2/c1-10-8-14(22-2)18-16(17-10)20-19-15(21)13-9-12(13)11-6-4-3-5-7-11/h3-8,12-13H,9H2,1-2H3,(H,19,21)(H,17,18,20)/t12-,13+/m1/s1. The predicted molar refractivity (Wildman–Crippen MR) is 82.4 cm³/mol. The van der Waals surface area contributed by atoms with Crippen LogP contribution in [0.2, 0.25) is 0 Å². The van der Waals surface area contributed by atoms with Gasteiger partial charge in [0.1, 0.15) is 0 Å². The van der Waals surface area contributed by atoms with Crippen LogP contribution in [0.15, 0.2) is 36.4 Å². The SMILES string of the molecule is COc1cc(C)nc(NNC(=O)[C@H]2C[C@@H]2c2ccccc2)n1. The van der Waals surface area contributed by atoms with Gasteiger partial charge in [-0.15, -0.1) is 0 Å². The van der Waals surface area contributed by atoms with Gasteiger partial charge in [0.15, 0.2) is 0 Å². The van der Waals surface area contributed by atoms with E-state index in [9.17, 15) is 4.79 Å². The Bertz CT molecular complexity index is 675. The van der Waals surface area contributed by atoms with Gasteiger partial charge >= 0.3 is 0 Å². The van der Waals surface area contributed by atoms with Crippen LogP contribution in [0.25, 0.3) is 0 Å². The van der Waals surface area contributed by atoms with E-state index in [1.54, 1.807) is 13.2 Å². The predicted octanol–water partition coefficient (Wildman–Crippen LogP) is 2.04. The lowest BCUT2D eigenvalue weighted by Crippen LogP contribution is -2.32. The van der Waals surface area contributed by atoms with Crippen LogP contribution in [-0.4, -0.2) is 23.0 Å². The fraction of sp³-hybridized carbons (Fsp3) is 0.312. The Kier molecular flexibility index (Phi) is 3.91. The number of aryl methyl sites for hydroxylation is 1. The molecular formula is C16H18N4O2. The average molecular weight is 298 g/mol. The van der Waals surface area contributed by atoms with Crippen LogP contribution >= 0.6 is 0 Å². The van der Waals surface area contributed by atoms with Crippen LogP contribution in [0.3, 0.4) is 0 Å². The second-order valence-electron chi connectivity index (χ2n) is 5.35. The monoisotopic (exact) mass is 298 g/mol. The number of aromatic nitrogens is 2. The first-order valence-electron chi connectivity index (χ1n) is 7.18. The van der Waals surface area contributed by atoms with Gasteiger partial charge in [-0.25, -0.2) is 4.98 Å². The molecule has 0 spiro atoms. The first kappa shape index (κ1) is 14.3. The fourth-order valence-electron chi connectivity index (χ4n) is 2.46. The van der Waals surface area contributed by atoms with E-state index >= 15 is 0 Å². The van der Waals surface area contributed by atoms with Crippen LogP contribution in [-0.2, 0) is 4.79 Å². The number of carbonyl (C=O) groups excluding carboxylic acids is 1. The van der Waals surface area contributed by atoms with E-state index in [1.807, 2.05) is 25.1 Å². The Morgan fingerprint density at radius 3 is 2.77 bits per heavy atom. The summed E-state index contributed by atoms with van der Waals surface area (Å²) in [6.07, 6.45) is 0.871. The van der Waals surface area contributed by atoms with Gasteiger partial charge in [-0.3, -0.25) is 15.6 Å². The number of hydrogen-bond acceptors (Lipinski definition) is 5. The van der Waals surface area contributed by atoms with Crippen LogP contribution in [0, 0.1) is 12.8 Å². The highest BCUT2D eigenvalue weighted by Crippen LogP contribution is 2.47. The summed E-state index contributed by atoms with van der Waals surface area (Å²) in [5.41, 5.74) is 7.39. The second kappa shape index (κ2) is 6.01. The zero-order valence-electron chi connectivity index (χ0n) is 12.5. The summed E-state index contributed by atoms with van der Waals surface area (Å²) in [5, 5.41) is 0. The van der Waals surface area contributed by atoms with Gasteiger partial charge in [-0.2, -0.15) is 4.98 Å². The topological polar surface area (TPSA) is 76.1 Å². The minimum atomic E-state index is -0.0436. The lowest BCUT2D eigenvalue weighted by molar-refractivity contribution is -0.121. The van der Waals surface area contributed by atoms with Crippen molar-refractivity contribution in [3.8, 4) is 5.88 Å². The molecule has 1 fully saturated rings. The molecule has 1 aromatic heterocycles. The molecule has 2 atom stereocenters. The normalized spacial score (nSPS) is 19.4. The molecule has 1 heterocycles. The van der Waals surface area contributed by atoms with E-state index in [2.05, 4.69) is 33.0 Å². The largest absolute Gasteiger partial charge is 0.481 e. The highest BCUT2D eigenvalue weighted by molar-refractivity contribution is 5.83. The van der Waals surface area contributed by atoms with Crippen LogP contribution < -0.4 is 15.6 Å². The number of carbonyl (C=O) groups is 1. The van der Waals surface area contributed by atoms with E-state index in [0.717, 1.165) is 12.1 Å². The molecule has 0 saturated heterocycles. The van der Waals surface area contributed by atoms with Crippen molar-refractivity contribution in [2.24, 2.45) is 5.92 Å². The molecular weight excluding hydrogens is 280 g/mol. The molecule has 0 aliphatic heterocycles. The highest BCUT2D eigenvalue weighted by atomic mass is 16.5. The third-order valence-corrected chi connectivity index (χ3v) is 3.69. The maximum absolute atomic E-state index is 12.1. The number of nitrogens with zero attached hydrogens (tertiary/aromatic N) is 2. The van der Waals surface area contributed by atoms with Gasteiger partial charge < -0.3 is 4.74 Å². The van der Waals surface area contributed by atoms with Crippen molar-refractivity contribution in [3.05, 3.63) is 47.7 Å². The van der Waals surface area contributed by atoms with Crippen LogP contribution in [0.1, 0.15) is 23.6 Å². The number of rotatable bonds is 5. The van der Waals surface area contributed by atoms with Gasteiger partial charge in [0.2, 0.25) is 17.7 Å². The summed E-state index contributed by atoms with van der Waals surface area (Å²) < 4.78 is 5.07. The molecule has 3 rings (SSSR count). The lowest BCUT2D eigenvalue weighted by Gasteiger charge is -2.08. The summed E-state index contributed by atoms with van der Waals surface area (Å²) in [6, 6.07) is 11.8. The number of hydrazine groups is 1. The Morgan fingerprint density at radius 2 is 2.05 bits per heavy atom. The van der Waals surface area contributed by atoms with Gasteiger partial charge in [0.05, 0.1) is 7.11 Å². The fourth-order valence-corrected chi connectivity index (χ4v) is 2.46. The third kappa shape index (κ3) is 3.16. The minimum absolute atomic E-state index is 0.00149. The van der Waals surface area contributed by atoms with Crippen LogP contribution in [0.5, 0.6) is 5.88 Å². The molecule has 0 bridgehead atoms. The Hall–Kier alpha value is -2.63. The number of benzene rings is 1. The van der Waals surface area contributed by atoms with Crippen molar-refractivity contribution in [2.45, 2.75) is 19.3 Å². The smallest absolute Gasteiger partial charge is 0.245 e. The molecule has 22 heavy (non-hydrogen) atoms. The number of amides is 1. The quantitative estimate of drug-likeness (QED) is 0.826. The summed E-state index contributed by atoms with van der Waals surface area (Å²) >= 11 is 0. The minimum Gasteiger partial charge on any atom is -0.481 e. The zero-order chi connectivity index (χ0) is 15.5. The summed E-state index contributed by atoms with van der Waals surface area (Å²) in [6.45, 7) is 1.84. The van der Waals surface area contributed by atoms with E-state index < -0.39 is 0 Å². The first-order valence-corrected chi connectivity index (χ1v) is 7.18. The number of methoxy groups -OCH3 is 1. The highest BCUT2D eigenvalue weighted by Gasteiger charge is 2.43. The van der Waals surface area contributed by atoms with Crippen molar-refractivity contribution >= 4 is 11.9 Å². The molecule has 1 aliphatic rings. The summed E-state index contributed by atoms with van der Waals surface area (Å²) in [5.74, 6) is 1.04. The van der Waals surface area contributed by atoms with E-state index in [4.69, 9.17) is 4.74 Å². The van der Waals surface area contributed by atoms with E-state index in [-0.39, 0.29) is 11.8 Å². The van der Waals surface area contributed by atoms with Crippen LogP contribution in [0.4, 0.5) is 5.95 Å². The molecule has 2 N–H and O–H groups in total. The summed E-state index contributed by atoms with van der Waals surface area (Å²) in [7, 11) is 1.54. The Balaban J connectivity index is 1.57. The average Bonchev–Trinajstić information content (AvgIpc) is 3.33. The molecule has 0 unspecified atom stereocenters. The number of anilines is 1. The Morgan fingerprint density at radius 1 is 1.27 bits per heavy atom. The van der Waals surface area contributed by atoms with E-state index in [1.165, 1.54) is 5.56 Å². The van der Waals surface area contributed by atoms with Crippen molar-refractivity contribution in [1.29, 1.82) is 0 Å². The van der Waals surface area contributed by atoms with E-state index in [0.29, 0.717) is 17.7 Å². The zero-order valence-corrected chi connectivity index (χ0v) is 12.5. The maximum atomic E-state index is 12.1. The Labute approximate surface area is 128 Å². The molecule has 6 heteroatoms. The van der Waals surface area contributed by atoms with Gasteiger partial charge in [-0.05, 0) is 24.8 Å². The molecule has 1 amide bonds. The number of hydrogen-bond donors (Lipinski definition) is 2. The van der Waals surface area contributed by atoms with Gasteiger partial charge in [0.25, 0.3) is 0 Å². The van der Waals surface area contributed by atoms with Gasteiger partial charge in [-0.1, -0.05) is 30.3 Å². The summed E-state index contributed by atoms with van der Waals surface area (Å²) in [4.78, 5) is 20.5. The molecule has 114 valence electrons. The number of nitrogens with one attached hydrogen (secondary N) is 2. The first-order chi connectivity index (χ1) is 10.7. The van der Waals surface area contributed by atoms with Crippen molar-refractivity contribution in [3.63, 3.8) is 0 Å². The molecule has 1 aromatic carbocycles. The van der Waals surface area contributed by atoms with Crippen molar-refractivity contribution < 1.29 is 9.53 Å². The third-order valence-electron chi connectivity index (χ3n) is 3.69.